The molecule has 0 radical (unpaired) electrons. The molecule has 0 fully saturated rings. The first-order valence-corrected chi connectivity index (χ1v) is 10.9. The van der Waals surface area contributed by atoms with Crippen molar-refractivity contribution < 1.29 is 13.2 Å². The Hall–Kier alpha value is -2.35. The zero-order valence-corrected chi connectivity index (χ0v) is 17.7. The van der Waals surface area contributed by atoms with Crippen molar-refractivity contribution in [1.29, 1.82) is 0 Å². The molecule has 0 saturated heterocycles. The van der Waals surface area contributed by atoms with Crippen LogP contribution in [0.3, 0.4) is 0 Å². The maximum Gasteiger partial charge on any atom is 0.276 e. The van der Waals surface area contributed by atoms with Crippen molar-refractivity contribution >= 4 is 43.8 Å². The second-order valence-corrected chi connectivity index (χ2v) is 8.81. The fourth-order valence-electron chi connectivity index (χ4n) is 2.28. The van der Waals surface area contributed by atoms with Gasteiger partial charge in [0, 0.05) is 9.50 Å². The summed E-state index contributed by atoms with van der Waals surface area (Å²) in [6.07, 6.45) is 1.42. The van der Waals surface area contributed by atoms with Gasteiger partial charge in [0.05, 0.1) is 11.1 Å². The first kappa shape index (κ1) is 20.4. The summed E-state index contributed by atoms with van der Waals surface area (Å²) >= 11 is 9.19. The van der Waals surface area contributed by atoms with E-state index in [4.69, 9.17) is 16.3 Å². The van der Waals surface area contributed by atoms with Crippen LogP contribution in [0.1, 0.15) is 11.1 Å². The highest BCUT2D eigenvalue weighted by molar-refractivity contribution is 9.10. The molecule has 8 heteroatoms. The molecule has 0 spiro atoms. The number of hydrazone groups is 1. The summed E-state index contributed by atoms with van der Waals surface area (Å²) in [5, 5.41) is 4.27. The molecule has 0 heterocycles. The van der Waals surface area contributed by atoms with E-state index in [0.29, 0.717) is 17.4 Å². The zero-order chi connectivity index (χ0) is 20.0. The number of hydrogen-bond acceptors (Lipinski definition) is 4. The van der Waals surface area contributed by atoms with Gasteiger partial charge in [0.25, 0.3) is 10.0 Å². The topological polar surface area (TPSA) is 67.8 Å². The Morgan fingerprint density at radius 2 is 1.75 bits per heavy atom. The van der Waals surface area contributed by atoms with Gasteiger partial charge in [-0.2, -0.15) is 13.5 Å². The molecule has 3 aromatic rings. The Morgan fingerprint density at radius 3 is 2.43 bits per heavy atom. The van der Waals surface area contributed by atoms with Crippen LogP contribution in [-0.2, 0) is 16.6 Å². The Bertz CT molecular complexity index is 1070. The van der Waals surface area contributed by atoms with E-state index < -0.39 is 10.0 Å². The Morgan fingerprint density at radius 1 is 1.04 bits per heavy atom. The van der Waals surface area contributed by atoms with Crippen LogP contribution in [0.4, 0.5) is 0 Å². The van der Waals surface area contributed by atoms with E-state index in [2.05, 4.69) is 25.9 Å². The quantitative estimate of drug-likeness (QED) is 0.383. The summed E-state index contributed by atoms with van der Waals surface area (Å²) in [7, 11) is -3.73. The number of ether oxygens (including phenoxy) is 1. The molecule has 0 amide bonds. The van der Waals surface area contributed by atoms with E-state index in [1.165, 1.54) is 30.5 Å². The highest BCUT2D eigenvalue weighted by Crippen LogP contribution is 2.17. The standard InChI is InChI=1S/C20H16BrClN2O3S/c21-17-3-1-2-16(12-17)14-27-19-8-4-15(5-9-19)13-23-24-28(25,26)20-10-6-18(22)7-11-20/h1-13,24H,14H2. The van der Waals surface area contributed by atoms with Crippen LogP contribution >= 0.6 is 27.5 Å². The third-order valence-electron chi connectivity index (χ3n) is 3.69. The molecular weight excluding hydrogens is 464 g/mol. The molecule has 0 bridgehead atoms. The molecule has 1 N–H and O–H groups in total. The van der Waals surface area contributed by atoms with Crippen molar-refractivity contribution in [3.63, 3.8) is 0 Å². The van der Waals surface area contributed by atoms with Gasteiger partial charge in [0.15, 0.2) is 0 Å². The Balaban J connectivity index is 1.57. The summed E-state index contributed by atoms with van der Waals surface area (Å²) in [4.78, 5) is 2.26. The second kappa shape index (κ2) is 9.23. The Labute approximate surface area is 177 Å². The molecule has 144 valence electrons. The van der Waals surface area contributed by atoms with Crippen LogP contribution in [0, 0.1) is 0 Å². The average Bonchev–Trinajstić information content (AvgIpc) is 2.68. The lowest BCUT2D eigenvalue weighted by atomic mass is 10.2. The van der Waals surface area contributed by atoms with Crippen molar-refractivity contribution in [3.05, 3.63) is 93.4 Å². The molecule has 28 heavy (non-hydrogen) atoms. The van der Waals surface area contributed by atoms with Crippen LogP contribution in [0.15, 0.2) is 87.3 Å². The largest absolute Gasteiger partial charge is 0.489 e. The maximum absolute atomic E-state index is 12.1. The molecule has 3 aromatic carbocycles. The van der Waals surface area contributed by atoms with Crippen LogP contribution in [0.2, 0.25) is 5.02 Å². The van der Waals surface area contributed by atoms with Crippen molar-refractivity contribution in [3.8, 4) is 5.75 Å². The predicted molar refractivity (Wildman–Crippen MR) is 114 cm³/mol. The fraction of sp³-hybridized carbons (Fsp3) is 0.0500. The fourth-order valence-corrected chi connectivity index (χ4v) is 3.64. The highest BCUT2D eigenvalue weighted by Gasteiger charge is 2.11. The van der Waals surface area contributed by atoms with Gasteiger partial charge in [-0.05, 0) is 71.8 Å². The third kappa shape index (κ3) is 5.82. The van der Waals surface area contributed by atoms with Gasteiger partial charge >= 0.3 is 0 Å². The lowest BCUT2D eigenvalue weighted by molar-refractivity contribution is 0.306. The lowest BCUT2D eigenvalue weighted by Crippen LogP contribution is -2.18. The summed E-state index contributed by atoms with van der Waals surface area (Å²) < 4.78 is 31.0. The van der Waals surface area contributed by atoms with Gasteiger partial charge in [0.1, 0.15) is 12.4 Å². The van der Waals surface area contributed by atoms with Crippen molar-refractivity contribution in [2.24, 2.45) is 5.10 Å². The van der Waals surface area contributed by atoms with E-state index in [0.717, 1.165) is 15.6 Å². The van der Waals surface area contributed by atoms with E-state index in [1.807, 2.05) is 24.3 Å². The van der Waals surface area contributed by atoms with E-state index in [9.17, 15) is 8.42 Å². The van der Waals surface area contributed by atoms with Crippen LogP contribution in [0.5, 0.6) is 5.75 Å². The summed E-state index contributed by atoms with van der Waals surface area (Å²) in [5.74, 6) is 0.707. The minimum Gasteiger partial charge on any atom is -0.489 e. The number of rotatable bonds is 7. The minimum atomic E-state index is -3.73. The molecule has 0 aliphatic heterocycles. The third-order valence-corrected chi connectivity index (χ3v) is 5.67. The van der Waals surface area contributed by atoms with Gasteiger partial charge < -0.3 is 4.74 Å². The highest BCUT2D eigenvalue weighted by atomic mass is 79.9. The number of halogens is 2. The van der Waals surface area contributed by atoms with Crippen molar-refractivity contribution in [1.82, 2.24) is 4.83 Å². The molecule has 3 rings (SSSR count). The number of nitrogens with one attached hydrogen (secondary N) is 1. The number of benzene rings is 3. The lowest BCUT2D eigenvalue weighted by Gasteiger charge is -2.07. The molecule has 0 atom stereocenters. The predicted octanol–water partition coefficient (Wildman–Crippen LogP) is 4.99. The van der Waals surface area contributed by atoms with E-state index in [1.54, 1.807) is 24.3 Å². The number of sulfonamides is 1. The van der Waals surface area contributed by atoms with Crippen molar-refractivity contribution in [2.45, 2.75) is 11.5 Å². The van der Waals surface area contributed by atoms with Gasteiger partial charge in [-0.1, -0.05) is 39.7 Å². The molecule has 0 aromatic heterocycles. The molecule has 0 aliphatic rings. The minimum absolute atomic E-state index is 0.0883. The normalized spacial score (nSPS) is 11.5. The summed E-state index contributed by atoms with van der Waals surface area (Å²) in [6.45, 7) is 0.452. The van der Waals surface area contributed by atoms with Gasteiger partial charge in [0.2, 0.25) is 0 Å². The number of hydrogen-bond donors (Lipinski definition) is 1. The molecular formula is C20H16BrClN2O3S. The average molecular weight is 480 g/mol. The SMILES string of the molecule is O=S(=O)(NN=Cc1ccc(OCc2cccc(Br)c2)cc1)c1ccc(Cl)cc1. The van der Waals surface area contributed by atoms with Crippen LogP contribution < -0.4 is 9.57 Å². The summed E-state index contributed by atoms with van der Waals surface area (Å²) in [5.41, 5.74) is 1.78. The molecule has 0 unspecified atom stereocenters. The second-order valence-electron chi connectivity index (χ2n) is 5.79. The molecule has 5 nitrogen and oxygen atoms in total. The van der Waals surface area contributed by atoms with Gasteiger partial charge in [-0.25, -0.2) is 4.83 Å². The monoisotopic (exact) mass is 478 g/mol. The van der Waals surface area contributed by atoms with Gasteiger partial charge in [-0.15, -0.1) is 0 Å². The zero-order valence-electron chi connectivity index (χ0n) is 14.5. The van der Waals surface area contributed by atoms with Crippen molar-refractivity contribution in [2.75, 3.05) is 0 Å². The Kier molecular flexibility index (Phi) is 6.72. The van der Waals surface area contributed by atoms with Crippen LogP contribution in [-0.4, -0.2) is 14.6 Å². The molecule has 0 aliphatic carbocycles. The van der Waals surface area contributed by atoms with Gasteiger partial charge in [-0.3, -0.25) is 0 Å². The first-order valence-electron chi connectivity index (χ1n) is 8.20. The number of nitrogens with zero attached hydrogens (tertiary/aromatic N) is 1. The van der Waals surface area contributed by atoms with Crippen LogP contribution in [0.25, 0.3) is 0 Å². The van der Waals surface area contributed by atoms with E-state index >= 15 is 0 Å². The first-order chi connectivity index (χ1) is 13.4. The van der Waals surface area contributed by atoms with E-state index in [-0.39, 0.29) is 4.90 Å². The smallest absolute Gasteiger partial charge is 0.276 e. The summed E-state index contributed by atoms with van der Waals surface area (Å²) in [6, 6.07) is 20.9. The molecule has 0 saturated carbocycles. The maximum atomic E-state index is 12.1.